The zero-order chi connectivity index (χ0) is 10.7. The first kappa shape index (κ1) is 11.8. The number of thiophene rings is 1. The minimum absolute atomic E-state index is 0.0770. The Morgan fingerprint density at radius 3 is 2.79 bits per heavy atom. The third-order valence-electron chi connectivity index (χ3n) is 1.49. The van der Waals surface area contributed by atoms with Crippen molar-refractivity contribution >= 4 is 40.4 Å². The molecule has 1 aromatic rings. The zero-order valence-electron chi connectivity index (χ0n) is 7.51. The van der Waals surface area contributed by atoms with Crippen molar-refractivity contribution in [3.63, 3.8) is 0 Å². The number of carbonyl (C=O) groups is 1. The van der Waals surface area contributed by atoms with Crippen LogP contribution in [0, 0.1) is 0 Å². The van der Waals surface area contributed by atoms with E-state index in [-0.39, 0.29) is 11.9 Å². The fraction of sp³-hybridized carbons (Fsp3) is 0.375. The summed E-state index contributed by atoms with van der Waals surface area (Å²) in [6, 6.07) is 1.47. The lowest BCUT2D eigenvalue weighted by atomic mass is 10.3. The van der Waals surface area contributed by atoms with E-state index >= 15 is 0 Å². The van der Waals surface area contributed by atoms with Gasteiger partial charge < -0.3 is 11.1 Å². The van der Waals surface area contributed by atoms with Gasteiger partial charge in [-0.25, -0.2) is 0 Å². The molecule has 1 amide bonds. The van der Waals surface area contributed by atoms with Crippen molar-refractivity contribution in [1.82, 2.24) is 5.32 Å². The molecule has 1 rings (SSSR count). The smallest absolute Gasteiger partial charge is 0.253 e. The predicted molar refractivity (Wildman–Crippen MR) is 60.3 cm³/mol. The topological polar surface area (TPSA) is 55.1 Å². The second-order valence-electron chi connectivity index (χ2n) is 2.93. The van der Waals surface area contributed by atoms with Gasteiger partial charge >= 0.3 is 0 Å². The van der Waals surface area contributed by atoms with E-state index in [1.165, 1.54) is 11.3 Å². The van der Waals surface area contributed by atoms with Gasteiger partial charge in [0.05, 0.1) is 9.90 Å². The molecule has 1 aromatic heterocycles. The predicted octanol–water partition coefficient (Wildman–Crippen LogP) is 2.13. The molecule has 0 spiro atoms. The van der Waals surface area contributed by atoms with Crippen LogP contribution >= 0.6 is 34.5 Å². The van der Waals surface area contributed by atoms with Crippen LogP contribution in [0.5, 0.6) is 0 Å². The Hall–Kier alpha value is -0.290. The first-order chi connectivity index (χ1) is 6.50. The number of carbonyl (C=O) groups excluding carboxylic acids is 1. The fourth-order valence-electron chi connectivity index (χ4n) is 0.844. The molecular weight excluding hydrogens is 243 g/mol. The maximum Gasteiger partial charge on any atom is 0.253 e. The molecule has 14 heavy (non-hydrogen) atoms. The molecule has 6 heteroatoms. The molecule has 1 atom stereocenters. The van der Waals surface area contributed by atoms with Gasteiger partial charge in [0, 0.05) is 12.6 Å². The van der Waals surface area contributed by atoms with E-state index in [1.807, 2.05) is 6.92 Å². The summed E-state index contributed by atoms with van der Waals surface area (Å²) in [6.07, 6.45) is 0. The van der Waals surface area contributed by atoms with Crippen LogP contribution in [0.4, 0.5) is 0 Å². The van der Waals surface area contributed by atoms with Gasteiger partial charge in [-0.3, -0.25) is 4.79 Å². The van der Waals surface area contributed by atoms with E-state index in [0.717, 1.165) is 0 Å². The Bertz CT molecular complexity index is 338. The van der Waals surface area contributed by atoms with Crippen LogP contribution in [0.1, 0.15) is 17.3 Å². The molecule has 3 N–H and O–H groups in total. The summed E-state index contributed by atoms with van der Waals surface area (Å²) >= 11 is 12.7. The van der Waals surface area contributed by atoms with Crippen LogP contribution in [0.25, 0.3) is 0 Å². The summed E-state index contributed by atoms with van der Waals surface area (Å²) in [5.41, 5.74) is 5.90. The highest BCUT2D eigenvalue weighted by Gasteiger charge is 2.13. The van der Waals surface area contributed by atoms with Gasteiger partial charge in [0.1, 0.15) is 4.34 Å². The Morgan fingerprint density at radius 2 is 2.36 bits per heavy atom. The second-order valence-corrected chi connectivity index (χ2v) is 5.21. The van der Waals surface area contributed by atoms with Gasteiger partial charge in [-0.1, -0.05) is 23.2 Å². The maximum absolute atomic E-state index is 11.5. The number of nitrogens with one attached hydrogen (secondary N) is 1. The van der Waals surface area contributed by atoms with Crippen LogP contribution < -0.4 is 11.1 Å². The van der Waals surface area contributed by atoms with Crippen LogP contribution in [0.15, 0.2) is 6.07 Å². The maximum atomic E-state index is 11.5. The minimum atomic E-state index is -0.240. The van der Waals surface area contributed by atoms with Gasteiger partial charge in [0.2, 0.25) is 0 Å². The number of rotatable bonds is 3. The molecule has 0 bridgehead atoms. The zero-order valence-corrected chi connectivity index (χ0v) is 9.84. The van der Waals surface area contributed by atoms with Gasteiger partial charge in [-0.05, 0) is 13.0 Å². The molecule has 0 saturated carbocycles. The van der Waals surface area contributed by atoms with Crippen molar-refractivity contribution in [2.24, 2.45) is 5.73 Å². The Balaban J connectivity index is 2.65. The van der Waals surface area contributed by atoms with Gasteiger partial charge in [0.25, 0.3) is 5.91 Å². The Kier molecular flexibility index (Phi) is 4.19. The summed E-state index contributed by atoms with van der Waals surface area (Å²) in [5, 5.41) is 2.65. The van der Waals surface area contributed by atoms with E-state index in [2.05, 4.69) is 5.32 Å². The van der Waals surface area contributed by atoms with Gasteiger partial charge in [-0.15, -0.1) is 11.3 Å². The first-order valence-electron chi connectivity index (χ1n) is 3.99. The standard InChI is InChI=1S/C8H10Cl2N2OS/c1-4(11)3-12-8(13)5-2-6(9)14-7(5)10/h2,4H,3,11H2,1H3,(H,12,13). The third kappa shape index (κ3) is 3.13. The molecular formula is C8H10Cl2N2OS. The van der Waals surface area contributed by atoms with Gasteiger partial charge in [-0.2, -0.15) is 0 Å². The van der Waals surface area contributed by atoms with Crippen molar-refractivity contribution in [2.45, 2.75) is 13.0 Å². The van der Waals surface area contributed by atoms with Crippen molar-refractivity contribution in [3.8, 4) is 0 Å². The van der Waals surface area contributed by atoms with Crippen molar-refractivity contribution < 1.29 is 4.79 Å². The molecule has 0 radical (unpaired) electrons. The van der Waals surface area contributed by atoms with Crippen molar-refractivity contribution in [3.05, 3.63) is 20.3 Å². The van der Waals surface area contributed by atoms with E-state index < -0.39 is 0 Å². The first-order valence-corrected chi connectivity index (χ1v) is 5.56. The molecule has 1 heterocycles. The second kappa shape index (κ2) is 4.98. The lowest BCUT2D eigenvalue weighted by Crippen LogP contribution is -2.35. The molecule has 0 aliphatic carbocycles. The number of nitrogens with two attached hydrogens (primary N) is 1. The van der Waals surface area contributed by atoms with Crippen LogP contribution in [0.2, 0.25) is 8.67 Å². The highest BCUT2D eigenvalue weighted by Crippen LogP contribution is 2.30. The van der Waals surface area contributed by atoms with E-state index in [4.69, 9.17) is 28.9 Å². The molecule has 3 nitrogen and oxygen atoms in total. The summed E-state index contributed by atoms with van der Waals surface area (Å²) in [4.78, 5) is 11.5. The molecule has 78 valence electrons. The molecule has 0 fully saturated rings. The van der Waals surface area contributed by atoms with Crippen LogP contribution in [-0.2, 0) is 0 Å². The highest BCUT2D eigenvalue weighted by molar-refractivity contribution is 7.20. The number of hydrogen-bond donors (Lipinski definition) is 2. The van der Waals surface area contributed by atoms with E-state index in [1.54, 1.807) is 6.07 Å². The number of amides is 1. The lowest BCUT2D eigenvalue weighted by molar-refractivity contribution is 0.0952. The average Bonchev–Trinajstić information content (AvgIpc) is 2.41. The number of hydrogen-bond acceptors (Lipinski definition) is 3. The van der Waals surface area contributed by atoms with Gasteiger partial charge in [0.15, 0.2) is 0 Å². The summed E-state index contributed by atoms with van der Waals surface area (Å²) in [5.74, 6) is -0.240. The molecule has 0 aliphatic rings. The Labute approximate surface area is 96.2 Å². The summed E-state index contributed by atoms with van der Waals surface area (Å²) in [6.45, 7) is 2.23. The molecule has 1 unspecified atom stereocenters. The monoisotopic (exact) mass is 252 g/mol. The fourth-order valence-corrected chi connectivity index (χ4v) is 2.30. The molecule has 0 aromatic carbocycles. The quantitative estimate of drug-likeness (QED) is 0.867. The largest absolute Gasteiger partial charge is 0.350 e. The third-order valence-corrected chi connectivity index (χ3v) is 2.97. The van der Waals surface area contributed by atoms with Crippen molar-refractivity contribution in [2.75, 3.05) is 6.54 Å². The normalized spacial score (nSPS) is 12.6. The van der Waals surface area contributed by atoms with Crippen LogP contribution in [-0.4, -0.2) is 18.5 Å². The summed E-state index contributed by atoms with van der Waals surface area (Å²) < 4.78 is 0.901. The Morgan fingerprint density at radius 1 is 1.71 bits per heavy atom. The summed E-state index contributed by atoms with van der Waals surface area (Å²) in [7, 11) is 0. The number of halogens is 2. The highest BCUT2D eigenvalue weighted by atomic mass is 35.5. The lowest BCUT2D eigenvalue weighted by Gasteiger charge is -2.06. The SMILES string of the molecule is CC(N)CNC(=O)c1cc(Cl)sc1Cl. The molecule has 0 aliphatic heterocycles. The van der Waals surface area contributed by atoms with E-state index in [0.29, 0.717) is 20.8 Å². The van der Waals surface area contributed by atoms with Crippen LogP contribution in [0.3, 0.4) is 0 Å². The average molecular weight is 253 g/mol. The van der Waals surface area contributed by atoms with E-state index in [9.17, 15) is 4.79 Å². The minimum Gasteiger partial charge on any atom is -0.350 e. The van der Waals surface area contributed by atoms with Crippen molar-refractivity contribution in [1.29, 1.82) is 0 Å². The molecule has 0 saturated heterocycles.